The summed E-state index contributed by atoms with van der Waals surface area (Å²) in [6.07, 6.45) is -0.170. The first-order valence-electron chi connectivity index (χ1n) is 10.6. The van der Waals surface area contributed by atoms with Crippen LogP contribution in [-0.4, -0.2) is 106 Å². The van der Waals surface area contributed by atoms with E-state index in [0.29, 0.717) is 17.9 Å². The molecule has 0 unspecified atom stereocenters. The van der Waals surface area contributed by atoms with Crippen molar-refractivity contribution in [3.63, 3.8) is 0 Å². The van der Waals surface area contributed by atoms with Gasteiger partial charge in [-0.2, -0.15) is 0 Å². The molecule has 0 radical (unpaired) electrons. The van der Waals surface area contributed by atoms with Crippen LogP contribution in [-0.2, 0) is 14.4 Å². The Kier molecular flexibility index (Phi) is 5.86. The maximum Gasteiger partial charge on any atom is 0.353 e. The molecule has 166 valence electrons. The van der Waals surface area contributed by atoms with Crippen LogP contribution in [0.5, 0.6) is 0 Å². The highest BCUT2D eigenvalue weighted by molar-refractivity contribution is 8.03. The van der Waals surface area contributed by atoms with Crippen molar-refractivity contribution >= 4 is 29.5 Å². The van der Waals surface area contributed by atoms with Gasteiger partial charge in [0.25, 0.3) is 0 Å². The van der Waals surface area contributed by atoms with E-state index in [1.165, 1.54) is 16.7 Å². The van der Waals surface area contributed by atoms with E-state index >= 15 is 0 Å². The lowest BCUT2D eigenvalue weighted by atomic mass is 9.79. The van der Waals surface area contributed by atoms with Crippen LogP contribution < -0.4 is 5.32 Å². The number of fused-ring (bicyclic) bond motifs is 1. The van der Waals surface area contributed by atoms with Crippen molar-refractivity contribution in [3.8, 4) is 0 Å². The molecule has 0 saturated carbocycles. The number of rotatable bonds is 5. The van der Waals surface area contributed by atoms with E-state index in [2.05, 4.69) is 17.3 Å². The molecule has 0 bridgehead atoms. The summed E-state index contributed by atoms with van der Waals surface area (Å²) >= 11 is 1.47. The van der Waals surface area contributed by atoms with Crippen LogP contribution in [0.25, 0.3) is 0 Å². The van der Waals surface area contributed by atoms with E-state index < -0.39 is 18.0 Å². The molecule has 3 fully saturated rings. The highest BCUT2D eigenvalue weighted by Crippen LogP contribution is 2.51. The number of piperazine rings is 1. The molecule has 4 heterocycles. The van der Waals surface area contributed by atoms with Gasteiger partial charge in [-0.3, -0.25) is 9.59 Å². The van der Waals surface area contributed by atoms with Crippen molar-refractivity contribution in [2.24, 2.45) is 11.8 Å². The lowest BCUT2D eigenvalue weighted by molar-refractivity contribution is -0.163. The van der Waals surface area contributed by atoms with Crippen LogP contribution in [0.3, 0.4) is 0 Å². The number of hydrogen-bond donors (Lipinski definition) is 3. The molecular weight excluding hydrogens is 408 g/mol. The van der Waals surface area contributed by atoms with Gasteiger partial charge < -0.3 is 30.2 Å². The number of aliphatic hydroxyl groups is 1. The largest absolute Gasteiger partial charge is 0.477 e. The Balaban J connectivity index is 1.43. The molecule has 3 N–H and O–H groups in total. The van der Waals surface area contributed by atoms with Gasteiger partial charge in [0.05, 0.1) is 24.1 Å². The van der Waals surface area contributed by atoms with Gasteiger partial charge in [-0.25, -0.2) is 4.79 Å². The summed E-state index contributed by atoms with van der Waals surface area (Å²) in [5.74, 6) is -2.01. The number of carboxylic acid groups (broad SMARTS) is 1. The number of thioether (sulfide) groups is 1. The number of aliphatic carboxylic acids is 1. The van der Waals surface area contributed by atoms with Crippen molar-refractivity contribution in [1.29, 1.82) is 0 Å². The van der Waals surface area contributed by atoms with E-state index in [4.69, 9.17) is 0 Å². The van der Waals surface area contributed by atoms with Crippen molar-refractivity contribution in [1.82, 2.24) is 20.0 Å². The summed E-state index contributed by atoms with van der Waals surface area (Å²) < 4.78 is 0. The summed E-state index contributed by atoms with van der Waals surface area (Å²) in [5.41, 5.74) is 0.0493. The van der Waals surface area contributed by atoms with Gasteiger partial charge in [-0.05, 0) is 20.4 Å². The van der Waals surface area contributed by atoms with Gasteiger partial charge in [-0.1, -0.05) is 6.92 Å². The number of nitrogens with one attached hydrogen (secondary N) is 1. The number of β-lactam (4-membered cyclic amide) rings is 1. The lowest BCUT2D eigenvalue weighted by Gasteiger charge is -2.46. The van der Waals surface area contributed by atoms with E-state index in [1.54, 1.807) is 6.92 Å². The predicted molar refractivity (Wildman–Crippen MR) is 111 cm³/mol. The zero-order valence-corrected chi connectivity index (χ0v) is 18.4. The monoisotopic (exact) mass is 438 g/mol. The van der Waals surface area contributed by atoms with E-state index in [-0.39, 0.29) is 40.8 Å². The first-order chi connectivity index (χ1) is 14.2. The molecule has 2 amide bonds. The minimum Gasteiger partial charge on any atom is -0.477 e. The number of carbonyl (C=O) groups excluding carboxylic acids is 2. The Morgan fingerprint density at radius 2 is 1.90 bits per heavy atom. The zero-order valence-electron chi connectivity index (χ0n) is 17.6. The molecule has 3 saturated heterocycles. The number of amides is 2. The third-order valence-corrected chi connectivity index (χ3v) is 8.32. The minimum absolute atomic E-state index is 0.0493. The molecule has 0 aromatic heterocycles. The second-order valence-electron chi connectivity index (χ2n) is 8.84. The van der Waals surface area contributed by atoms with Crippen LogP contribution in [0.1, 0.15) is 20.3 Å². The fourth-order valence-electron chi connectivity index (χ4n) is 5.09. The number of nitrogens with zero attached hydrogens (tertiary/aromatic N) is 3. The lowest BCUT2D eigenvalue weighted by Crippen LogP contribution is -2.63. The molecule has 0 aromatic carbocycles. The predicted octanol–water partition coefficient (Wildman–Crippen LogP) is -0.622. The Morgan fingerprint density at radius 1 is 1.23 bits per heavy atom. The topological polar surface area (TPSA) is 113 Å². The molecule has 4 aliphatic heterocycles. The normalized spacial score (nSPS) is 35.5. The molecule has 10 heteroatoms. The number of likely N-dealkylation sites (N-methyl/N-ethyl adjacent to an activating group) is 1. The first-order valence-corrected chi connectivity index (χ1v) is 11.4. The summed E-state index contributed by atoms with van der Waals surface area (Å²) in [6.45, 7) is 7.33. The quantitative estimate of drug-likeness (QED) is 0.487. The molecule has 4 aliphatic rings. The van der Waals surface area contributed by atoms with Gasteiger partial charge in [0.1, 0.15) is 5.70 Å². The zero-order chi connectivity index (χ0) is 21.7. The van der Waals surface area contributed by atoms with Crippen LogP contribution in [0.4, 0.5) is 0 Å². The summed E-state index contributed by atoms with van der Waals surface area (Å²) in [6, 6.07) is -0.552. The van der Waals surface area contributed by atoms with E-state index in [9.17, 15) is 24.6 Å². The van der Waals surface area contributed by atoms with Gasteiger partial charge in [-0.15, -0.1) is 11.8 Å². The Morgan fingerprint density at radius 3 is 2.50 bits per heavy atom. The SMILES string of the molecule is C[C@@H](O)[C@H]1C(=O)N2C(C(=O)O)=C(S[C@@H]3CN[C@H](C(=O)N4CCN(C)CC4)C3)[C@H](C)[C@H]12. The van der Waals surface area contributed by atoms with Gasteiger partial charge in [0, 0.05) is 48.8 Å². The fraction of sp³-hybridized carbons (Fsp3) is 0.750. The van der Waals surface area contributed by atoms with Gasteiger partial charge in [0.15, 0.2) is 0 Å². The Labute approximate surface area is 180 Å². The molecule has 9 nitrogen and oxygen atoms in total. The van der Waals surface area contributed by atoms with Crippen molar-refractivity contribution in [2.75, 3.05) is 39.8 Å². The van der Waals surface area contributed by atoms with E-state index in [0.717, 1.165) is 26.2 Å². The van der Waals surface area contributed by atoms with Crippen LogP contribution in [0.2, 0.25) is 0 Å². The molecule has 0 aliphatic carbocycles. The average molecular weight is 439 g/mol. The van der Waals surface area contributed by atoms with Crippen molar-refractivity contribution in [2.45, 2.75) is 43.7 Å². The number of carboxylic acids is 1. The molecule has 6 atom stereocenters. The fourth-order valence-corrected chi connectivity index (χ4v) is 6.57. The standard InChI is InChI=1S/C20H30N4O5S/c1-10-15-14(11(2)25)19(27)24(15)16(20(28)29)17(10)30-12-8-13(21-9-12)18(26)23-6-4-22(3)5-7-23/h10-15,21,25H,4-9H2,1-3H3,(H,28,29)/t10-,11-,12+,13+,14-,15-/m1/s1. The maximum absolute atomic E-state index is 12.9. The Bertz CT molecular complexity index is 779. The second-order valence-corrected chi connectivity index (χ2v) is 10.2. The summed E-state index contributed by atoms with van der Waals surface area (Å²) in [5, 5.41) is 23.1. The van der Waals surface area contributed by atoms with Crippen LogP contribution in [0.15, 0.2) is 10.6 Å². The number of hydrogen-bond acceptors (Lipinski definition) is 7. The first kappa shape index (κ1) is 21.6. The molecular formula is C20H30N4O5S. The smallest absolute Gasteiger partial charge is 0.353 e. The molecule has 0 aromatic rings. The maximum atomic E-state index is 12.9. The molecule has 0 spiro atoms. The number of carbonyl (C=O) groups is 3. The Hall–Kier alpha value is -1.62. The number of aliphatic hydroxyl groups excluding tert-OH is 1. The van der Waals surface area contributed by atoms with Crippen molar-refractivity contribution in [3.05, 3.63) is 10.6 Å². The van der Waals surface area contributed by atoms with Gasteiger partial charge >= 0.3 is 5.97 Å². The second kappa shape index (κ2) is 8.14. The summed E-state index contributed by atoms with van der Waals surface area (Å²) in [7, 11) is 2.05. The third-order valence-electron chi connectivity index (χ3n) is 6.81. The van der Waals surface area contributed by atoms with Crippen LogP contribution >= 0.6 is 11.8 Å². The van der Waals surface area contributed by atoms with Gasteiger partial charge in [0.2, 0.25) is 11.8 Å². The highest BCUT2D eigenvalue weighted by atomic mass is 32.2. The van der Waals surface area contributed by atoms with Crippen LogP contribution in [0, 0.1) is 11.8 Å². The van der Waals surface area contributed by atoms with E-state index in [1.807, 2.05) is 11.8 Å². The third kappa shape index (κ3) is 3.53. The molecule has 4 rings (SSSR count). The molecule has 30 heavy (non-hydrogen) atoms. The highest BCUT2D eigenvalue weighted by Gasteiger charge is 2.60. The summed E-state index contributed by atoms with van der Waals surface area (Å²) in [4.78, 5) is 43.4. The van der Waals surface area contributed by atoms with Crippen molar-refractivity contribution < 1.29 is 24.6 Å². The minimum atomic E-state index is -1.11. The average Bonchev–Trinajstić information content (AvgIpc) is 3.24.